The number of pyridine rings is 1. The zero-order valence-corrected chi connectivity index (χ0v) is 21.9. The molecule has 7 nitrogen and oxygen atoms in total. The van der Waals surface area contributed by atoms with Gasteiger partial charge in [0, 0.05) is 55.0 Å². The number of rotatable bonds is 3. The van der Waals surface area contributed by atoms with Crippen LogP contribution in [0.3, 0.4) is 0 Å². The number of carbonyl (C=O) groups excluding carboxylic acids is 1. The molecule has 0 bridgehead atoms. The lowest BCUT2D eigenvalue weighted by Crippen LogP contribution is -2.46. The second-order valence-corrected chi connectivity index (χ2v) is 11.0. The Bertz CT molecular complexity index is 1560. The van der Waals surface area contributed by atoms with Gasteiger partial charge >= 0.3 is 0 Å². The molecule has 0 radical (unpaired) electrons. The molecule has 2 aliphatic heterocycles. The summed E-state index contributed by atoms with van der Waals surface area (Å²) in [5.41, 5.74) is 5.79. The van der Waals surface area contributed by atoms with Crippen LogP contribution in [0, 0.1) is 5.82 Å². The first kappa shape index (κ1) is 24.2. The lowest BCUT2D eigenvalue weighted by Gasteiger charge is -2.34. The number of nitrogens with one attached hydrogen (secondary N) is 1. The number of piperazine rings is 1. The third-order valence-corrected chi connectivity index (χ3v) is 8.62. The zero-order chi connectivity index (χ0) is 26.4. The van der Waals surface area contributed by atoms with Gasteiger partial charge in [-0.1, -0.05) is 31.4 Å². The average Bonchev–Trinajstić information content (AvgIpc) is 3.29. The molecule has 1 N–H and O–H groups in total. The van der Waals surface area contributed by atoms with Crippen molar-refractivity contribution in [3.63, 3.8) is 0 Å². The highest BCUT2D eigenvalue weighted by Gasteiger charge is 2.44. The van der Waals surface area contributed by atoms with Gasteiger partial charge in [-0.15, -0.1) is 0 Å². The van der Waals surface area contributed by atoms with Crippen LogP contribution in [0.4, 0.5) is 15.9 Å². The van der Waals surface area contributed by atoms with Crippen molar-refractivity contribution >= 4 is 28.4 Å². The van der Waals surface area contributed by atoms with Gasteiger partial charge in [0.25, 0.3) is 5.91 Å². The van der Waals surface area contributed by atoms with Gasteiger partial charge in [-0.25, -0.2) is 19.3 Å². The number of nitrogens with zero attached hydrogens (tertiary/aromatic N) is 5. The number of amides is 1. The molecular weight excluding hydrogens is 491 g/mol. The number of hydrogen-bond acceptors (Lipinski definition) is 6. The Balaban J connectivity index is 1.29. The summed E-state index contributed by atoms with van der Waals surface area (Å²) in [6.45, 7) is 3.81. The van der Waals surface area contributed by atoms with Crippen LogP contribution < -0.4 is 10.2 Å². The maximum atomic E-state index is 14.4. The number of carbonyl (C=O) groups is 1. The van der Waals surface area contributed by atoms with E-state index in [4.69, 9.17) is 9.97 Å². The standard InChI is InChI=1S/C31H31FN6O/c32-23-7-10-27-24(18-23)31(11-2-1-3-12-31)19-38(27)29-28-26(34-20-35-29)9-8-25(36-28)21-5-4-6-22(17-21)30(39)37-15-13-33-14-16-37/h4-10,17-18,20,33H,1-3,11-16,19H2. The molecule has 3 aliphatic rings. The van der Waals surface area contributed by atoms with Crippen LogP contribution in [0.25, 0.3) is 22.3 Å². The fourth-order valence-corrected chi connectivity index (χ4v) is 6.63. The van der Waals surface area contributed by atoms with E-state index < -0.39 is 0 Å². The second kappa shape index (κ2) is 9.68. The predicted molar refractivity (Wildman–Crippen MR) is 150 cm³/mol. The number of aromatic nitrogens is 3. The van der Waals surface area contributed by atoms with Crippen molar-refractivity contribution in [3.8, 4) is 11.3 Å². The molecule has 198 valence electrons. The number of benzene rings is 2. The highest BCUT2D eigenvalue weighted by atomic mass is 19.1. The zero-order valence-electron chi connectivity index (χ0n) is 21.9. The Morgan fingerprint density at radius 3 is 2.64 bits per heavy atom. The van der Waals surface area contributed by atoms with Crippen LogP contribution in [0.1, 0.15) is 48.0 Å². The molecule has 8 heteroatoms. The number of halogens is 1. The Morgan fingerprint density at radius 2 is 1.79 bits per heavy atom. The summed E-state index contributed by atoms with van der Waals surface area (Å²) in [6, 6.07) is 16.8. The Labute approximate surface area is 227 Å². The summed E-state index contributed by atoms with van der Waals surface area (Å²) >= 11 is 0. The third kappa shape index (κ3) is 4.23. The smallest absolute Gasteiger partial charge is 0.253 e. The van der Waals surface area contributed by atoms with Gasteiger partial charge < -0.3 is 15.1 Å². The van der Waals surface area contributed by atoms with Gasteiger partial charge in [0.15, 0.2) is 5.82 Å². The van der Waals surface area contributed by atoms with Gasteiger partial charge in [-0.05, 0) is 60.9 Å². The number of hydrogen-bond donors (Lipinski definition) is 1. The molecule has 0 atom stereocenters. The van der Waals surface area contributed by atoms with Crippen molar-refractivity contribution in [1.29, 1.82) is 0 Å². The first-order valence-electron chi connectivity index (χ1n) is 13.9. The van der Waals surface area contributed by atoms with Crippen LogP contribution in [0.15, 0.2) is 60.9 Å². The molecular formula is C31H31FN6O. The van der Waals surface area contributed by atoms with Gasteiger partial charge in [0.2, 0.25) is 0 Å². The lowest BCUT2D eigenvalue weighted by atomic mass is 9.71. The molecule has 1 amide bonds. The number of anilines is 2. The van der Waals surface area contributed by atoms with E-state index in [-0.39, 0.29) is 17.1 Å². The molecule has 2 aromatic heterocycles. The van der Waals surface area contributed by atoms with Crippen molar-refractivity contribution in [2.45, 2.75) is 37.5 Å². The minimum Gasteiger partial charge on any atom is -0.336 e. The van der Waals surface area contributed by atoms with Crippen LogP contribution in [-0.2, 0) is 5.41 Å². The maximum absolute atomic E-state index is 14.4. The minimum absolute atomic E-state index is 0.0434. The van der Waals surface area contributed by atoms with E-state index in [1.165, 1.54) is 12.5 Å². The summed E-state index contributed by atoms with van der Waals surface area (Å²) in [5, 5.41) is 3.29. The van der Waals surface area contributed by atoms with Gasteiger partial charge in [0.05, 0.1) is 11.2 Å². The van der Waals surface area contributed by atoms with Gasteiger partial charge in [-0.2, -0.15) is 0 Å². The molecule has 4 aromatic rings. The Morgan fingerprint density at radius 1 is 0.949 bits per heavy atom. The van der Waals surface area contributed by atoms with Crippen LogP contribution in [0.2, 0.25) is 0 Å². The number of fused-ring (bicyclic) bond motifs is 3. The van der Waals surface area contributed by atoms with E-state index in [2.05, 4.69) is 15.2 Å². The minimum atomic E-state index is -0.191. The van der Waals surface area contributed by atoms with E-state index in [1.54, 1.807) is 12.4 Å². The van der Waals surface area contributed by atoms with Crippen molar-refractivity contribution in [2.75, 3.05) is 37.6 Å². The molecule has 1 spiro atoms. The highest BCUT2D eigenvalue weighted by Crippen LogP contribution is 2.51. The summed E-state index contributed by atoms with van der Waals surface area (Å²) in [5.74, 6) is 0.593. The van der Waals surface area contributed by atoms with E-state index in [9.17, 15) is 9.18 Å². The largest absolute Gasteiger partial charge is 0.336 e. The topological polar surface area (TPSA) is 74.2 Å². The van der Waals surface area contributed by atoms with E-state index in [1.807, 2.05) is 47.4 Å². The van der Waals surface area contributed by atoms with Gasteiger partial charge in [0.1, 0.15) is 17.7 Å². The molecule has 7 rings (SSSR count). The fraction of sp³-hybridized carbons (Fsp3) is 0.355. The van der Waals surface area contributed by atoms with Crippen molar-refractivity contribution in [1.82, 2.24) is 25.2 Å². The summed E-state index contributed by atoms with van der Waals surface area (Å²) in [7, 11) is 0. The summed E-state index contributed by atoms with van der Waals surface area (Å²) in [6.07, 6.45) is 7.22. The first-order valence-corrected chi connectivity index (χ1v) is 13.9. The van der Waals surface area contributed by atoms with E-state index in [0.29, 0.717) is 24.2 Å². The molecule has 0 unspecified atom stereocenters. The maximum Gasteiger partial charge on any atom is 0.253 e. The fourth-order valence-electron chi connectivity index (χ4n) is 6.63. The van der Waals surface area contributed by atoms with Gasteiger partial charge in [-0.3, -0.25) is 4.79 Å². The molecule has 1 saturated carbocycles. The summed E-state index contributed by atoms with van der Waals surface area (Å²) < 4.78 is 14.4. The average molecular weight is 523 g/mol. The lowest BCUT2D eigenvalue weighted by molar-refractivity contribution is 0.0736. The van der Waals surface area contributed by atoms with Crippen molar-refractivity contribution < 1.29 is 9.18 Å². The highest BCUT2D eigenvalue weighted by molar-refractivity contribution is 5.96. The molecule has 2 aromatic carbocycles. The molecule has 1 saturated heterocycles. The monoisotopic (exact) mass is 522 g/mol. The SMILES string of the molecule is O=C(c1cccc(-c2ccc3ncnc(N4CC5(CCCCC5)c5cc(F)ccc54)c3n2)c1)N1CCNCC1. The third-order valence-electron chi connectivity index (χ3n) is 8.62. The van der Waals surface area contributed by atoms with Crippen LogP contribution in [0.5, 0.6) is 0 Å². The van der Waals surface area contributed by atoms with Crippen LogP contribution in [-0.4, -0.2) is 58.5 Å². The predicted octanol–water partition coefficient (Wildman–Crippen LogP) is 5.23. The van der Waals surface area contributed by atoms with E-state index in [0.717, 1.165) is 79.2 Å². The van der Waals surface area contributed by atoms with Crippen molar-refractivity contribution in [3.05, 3.63) is 77.9 Å². The first-order chi connectivity index (χ1) is 19.1. The molecule has 2 fully saturated rings. The molecule has 1 aliphatic carbocycles. The molecule has 39 heavy (non-hydrogen) atoms. The molecule has 4 heterocycles. The van der Waals surface area contributed by atoms with E-state index >= 15 is 0 Å². The second-order valence-electron chi connectivity index (χ2n) is 11.0. The summed E-state index contributed by atoms with van der Waals surface area (Å²) in [4.78, 5) is 31.5. The Kier molecular flexibility index (Phi) is 6.00. The Hall–Kier alpha value is -3.91. The normalized spacial score (nSPS) is 18.5. The van der Waals surface area contributed by atoms with Crippen LogP contribution >= 0.6 is 0 Å². The van der Waals surface area contributed by atoms with Crippen molar-refractivity contribution in [2.24, 2.45) is 0 Å². The quantitative estimate of drug-likeness (QED) is 0.397.